The molecule has 0 aromatic rings. The first-order valence-corrected chi connectivity index (χ1v) is 38.6. The van der Waals surface area contributed by atoms with Gasteiger partial charge in [-0.3, -0.25) is 9.59 Å². The molecule has 2 unspecified atom stereocenters. The molecule has 0 bridgehead atoms. The predicted molar refractivity (Wildman–Crippen MR) is 379 cm³/mol. The van der Waals surface area contributed by atoms with Gasteiger partial charge in [-0.05, 0) is 89.9 Å². The Morgan fingerprint density at radius 2 is 0.605 bits per heavy atom. The minimum Gasteiger partial charge on any atom is -0.466 e. The summed E-state index contributed by atoms with van der Waals surface area (Å²) in [6, 6.07) is -0.629. The fraction of sp³-hybridized carbons (Fsp3) is 0.850. The van der Waals surface area contributed by atoms with E-state index in [9.17, 15) is 19.8 Å². The van der Waals surface area contributed by atoms with Gasteiger partial charge >= 0.3 is 5.97 Å². The van der Waals surface area contributed by atoms with Crippen LogP contribution < -0.4 is 5.32 Å². The van der Waals surface area contributed by atoms with E-state index in [0.29, 0.717) is 19.4 Å². The second-order valence-electron chi connectivity index (χ2n) is 26.3. The maximum Gasteiger partial charge on any atom is 0.305 e. The van der Waals surface area contributed by atoms with E-state index in [-0.39, 0.29) is 18.5 Å². The molecule has 0 rings (SSSR count). The highest BCUT2D eigenvalue weighted by molar-refractivity contribution is 5.76. The molecule has 1 amide bonds. The van der Waals surface area contributed by atoms with Gasteiger partial charge in [-0.25, -0.2) is 0 Å². The van der Waals surface area contributed by atoms with Gasteiger partial charge in [0.2, 0.25) is 5.91 Å². The van der Waals surface area contributed by atoms with Gasteiger partial charge in [0.15, 0.2) is 0 Å². The number of rotatable bonds is 72. The molecule has 2 atom stereocenters. The number of unbranched alkanes of at least 4 members (excludes halogenated alkanes) is 53. The molecule has 0 radical (unpaired) electrons. The summed E-state index contributed by atoms with van der Waals surface area (Å²) in [5.41, 5.74) is 0. The van der Waals surface area contributed by atoms with Gasteiger partial charge in [0.25, 0.3) is 0 Å². The van der Waals surface area contributed by atoms with Crippen molar-refractivity contribution < 1.29 is 24.5 Å². The number of amides is 1. The summed E-state index contributed by atoms with van der Waals surface area (Å²) in [7, 11) is 0. The normalized spacial score (nSPS) is 12.8. The second-order valence-corrected chi connectivity index (χ2v) is 26.3. The number of carbonyl (C=O) groups is 2. The Morgan fingerprint density at radius 3 is 0.930 bits per heavy atom. The first-order chi connectivity index (χ1) is 42.5. The highest BCUT2D eigenvalue weighted by Gasteiger charge is 2.18. The van der Waals surface area contributed by atoms with Gasteiger partial charge in [-0.15, -0.1) is 0 Å². The van der Waals surface area contributed by atoms with E-state index < -0.39 is 12.1 Å². The van der Waals surface area contributed by atoms with Gasteiger partial charge in [-0.2, -0.15) is 0 Å². The van der Waals surface area contributed by atoms with Crippen LogP contribution in [0.5, 0.6) is 0 Å². The molecule has 0 aromatic carbocycles. The molecule has 0 heterocycles. The second kappa shape index (κ2) is 75.0. The Morgan fingerprint density at radius 1 is 0.326 bits per heavy atom. The molecule has 0 aliphatic carbocycles. The molecule has 504 valence electrons. The van der Waals surface area contributed by atoms with Crippen molar-refractivity contribution in [2.75, 3.05) is 13.2 Å². The molecule has 0 saturated heterocycles. The number of aliphatic hydroxyl groups excluding tert-OH is 2. The van der Waals surface area contributed by atoms with Crippen molar-refractivity contribution >= 4 is 11.9 Å². The van der Waals surface area contributed by atoms with Crippen molar-refractivity contribution in [1.29, 1.82) is 0 Å². The van der Waals surface area contributed by atoms with Crippen LogP contribution in [0.3, 0.4) is 0 Å². The Balaban J connectivity index is 3.41. The van der Waals surface area contributed by atoms with Crippen molar-refractivity contribution in [3.8, 4) is 0 Å². The highest BCUT2D eigenvalue weighted by atomic mass is 16.5. The Hall–Kier alpha value is -2.44. The van der Waals surface area contributed by atoms with Crippen LogP contribution in [0.2, 0.25) is 0 Å². The van der Waals surface area contributed by atoms with Gasteiger partial charge in [0.05, 0.1) is 25.4 Å². The standard InChI is InChI=1S/C80H149NO5/c1-3-5-7-9-11-13-15-17-18-19-20-21-33-36-39-42-45-49-52-56-60-64-68-72-78(83)77(76-82)81-79(84)73-69-65-61-57-53-50-46-43-40-37-34-31-29-27-25-23-22-24-26-28-30-32-35-38-41-44-47-51-55-59-63-67-71-75-86-80(85)74-70-66-62-58-54-48-16-14-12-10-8-6-4-2/h8,10,14,16,26,28,32,35,68,72,77-78,82-83H,3-7,9,11-13,15,17-25,27,29-31,33-34,36-67,69-71,73-76H2,1-2H3,(H,81,84)/b10-8-,16-14-,28-26-,35-32-,72-68+. The molecule has 6 nitrogen and oxygen atoms in total. The van der Waals surface area contributed by atoms with Crippen molar-refractivity contribution in [3.05, 3.63) is 60.8 Å². The molecule has 6 heteroatoms. The van der Waals surface area contributed by atoms with Crippen LogP contribution >= 0.6 is 0 Å². The third kappa shape index (κ3) is 70.6. The Bertz CT molecular complexity index is 1480. The van der Waals surface area contributed by atoms with Crippen molar-refractivity contribution in [3.63, 3.8) is 0 Å². The maximum absolute atomic E-state index is 12.5. The molecule has 0 spiro atoms. The lowest BCUT2D eigenvalue weighted by molar-refractivity contribution is -0.143. The molecular weight excluding hydrogens is 1050 g/mol. The lowest BCUT2D eigenvalue weighted by atomic mass is 10.0. The molecular formula is C80H149NO5. The lowest BCUT2D eigenvalue weighted by Crippen LogP contribution is -2.45. The van der Waals surface area contributed by atoms with E-state index >= 15 is 0 Å². The number of carbonyl (C=O) groups excluding carboxylic acids is 2. The van der Waals surface area contributed by atoms with E-state index in [1.165, 1.54) is 327 Å². The summed E-state index contributed by atoms with van der Waals surface area (Å²) < 4.78 is 5.47. The minimum absolute atomic E-state index is 0.00145. The fourth-order valence-electron chi connectivity index (χ4n) is 11.9. The Labute approximate surface area is 537 Å². The average molecular weight is 1210 g/mol. The number of esters is 1. The number of hydrogen-bond acceptors (Lipinski definition) is 5. The SMILES string of the molecule is CCC/C=C\C/C=C\CCCCCCCC(=O)OCCCCCCCCCCC/C=C\C/C=C\CCCCCCCCCCCCCCCCCCCC(=O)NC(CO)C(O)/C=C/CCCCCCCCCCCCCCCCCCCCCCC. The van der Waals surface area contributed by atoms with E-state index in [4.69, 9.17) is 4.74 Å². The summed E-state index contributed by atoms with van der Waals surface area (Å²) >= 11 is 0. The third-order valence-electron chi connectivity index (χ3n) is 17.7. The first-order valence-electron chi connectivity index (χ1n) is 38.6. The van der Waals surface area contributed by atoms with Crippen LogP contribution in [-0.2, 0) is 14.3 Å². The summed E-state index contributed by atoms with van der Waals surface area (Å²) in [5.74, 6) is -0.0637. The monoisotopic (exact) mass is 1200 g/mol. The molecule has 3 N–H and O–H groups in total. The summed E-state index contributed by atoms with van der Waals surface area (Å²) in [6.45, 7) is 4.87. The summed E-state index contributed by atoms with van der Waals surface area (Å²) in [4.78, 5) is 24.6. The third-order valence-corrected chi connectivity index (χ3v) is 17.7. The molecule has 0 aliphatic heterocycles. The largest absolute Gasteiger partial charge is 0.466 e. The number of aliphatic hydroxyl groups is 2. The maximum atomic E-state index is 12.5. The van der Waals surface area contributed by atoms with Gasteiger partial charge in [0.1, 0.15) is 0 Å². The zero-order valence-electron chi connectivity index (χ0n) is 57.8. The zero-order valence-corrected chi connectivity index (χ0v) is 57.8. The number of nitrogens with one attached hydrogen (secondary N) is 1. The molecule has 86 heavy (non-hydrogen) atoms. The fourth-order valence-corrected chi connectivity index (χ4v) is 11.9. The number of ether oxygens (including phenoxy) is 1. The average Bonchev–Trinajstić information content (AvgIpc) is 3.55. The van der Waals surface area contributed by atoms with Crippen LogP contribution in [0, 0.1) is 0 Å². The number of hydrogen-bond donors (Lipinski definition) is 3. The zero-order chi connectivity index (χ0) is 62.0. The highest BCUT2D eigenvalue weighted by Crippen LogP contribution is 2.19. The van der Waals surface area contributed by atoms with Crippen LogP contribution in [-0.4, -0.2) is 47.4 Å². The topological polar surface area (TPSA) is 95.9 Å². The molecule has 0 aromatic heterocycles. The first kappa shape index (κ1) is 83.6. The molecule has 0 aliphatic rings. The van der Waals surface area contributed by atoms with Crippen molar-refractivity contribution in [2.45, 2.75) is 424 Å². The molecule has 0 fully saturated rings. The van der Waals surface area contributed by atoms with E-state index in [0.717, 1.165) is 57.8 Å². The van der Waals surface area contributed by atoms with E-state index in [1.54, 1.807) is 6.08 Å². The Kier molecular flexibility index (Phi) is 72.9. The smallest absolute Gasteiger partial charge is 0.305 e. The lowest BCUT2D eigenvalue weighted by Gasteiger charge is -2.20. The van der Waals surface area contributed by atoms with Crippen LogP contribution in [0.4, 0.5) is 0 Å². The minimum atomic E-state index is -0.846. The van der Waals surface area contributed by atoms with Crippen molar-refractivity contribution in [1.82, 2.24) is 5.32 Å². The van der Waals surface area contributed by atoms with Crippen LogP contribution in [0.25, 0.3) is 0 Å². The van der Waals surface area contributed by atoms with E-state index in [1.807, 2.05) is 6.08 Å². The molecule has 0 saturated carbocycles. The van der Waals surface area contributed by atoms with Gasteiger partial charge in [0, 0.05) is 12.8 Å². The summed E-state index contributed by atoms with van der Waals surface area (Å²) in [6.07, 6.45) is 100. The van der Waals surface area contributed by atoms with Crippen LogP contribution in [0.15, 0.2) is 60.8 Å². The quantitative estimate of drug-likeness (QED) is 0.0320. The number of allylic oxidation sites excluding steroid dienone is 9. The summed E-state index contributed by atoms with van der Waals surface area (Å²) in [5, 5.41) is 23.3. The van der Waals surface area contributed by atoms with Gasteiger partial charge < -0.3 is 20.3 Å². The van der Waals surface area contributed by atoms with Gasteiger partial charge in [-0.1, -0.05) is 370 Å². The van der Waals surface area contributed by atoms with E-state index in [2.05, 4.69) is 67.8 Å². The van der Waals surface area contributed by atoms with Crippen LogP contribution in [0.1, 0.15) is 412 Å². The van der Waals surface area contributed by atoms with Crippen molar-refractivity contribution in [2.24, 2.45) is 0 Å². The predicted octanol–water partition coefficient (Wildman–Crippen LogP) is 25.4.